The molecule has 0 saturated carbocycles. The number of nitrogens with one attached hydrogen (secondary N) is 1. The lowest BCUT2D eigenvalue weighted by atomic mass is 9.92. The van der Waals surface area contributed by atoms with Gasteiger partial charge in [-0.15, -0.1) is 23.7 Å². The van der Waals surface area contributed by atoms with Crippen LogP contribution in [-0.4, -0.2) is 27.9 Å². The molecule has 8 nitrogen and oxygen atoms in total. The van der Waals surface area contributed by atoms with E-state index < -0.39 is 23.2 Å². The molecule has 3 N–H and O–H groups in total. The molecule has 2 rings (SSSR count). The molecule has 1 aromatic carbocycles. The highest BCUT2D eigenvalue weighted by Crippen LogP contribution is 2.21. The maximum absolute atomic E-state index is 14.4. The van der Waals surface area contributed by atoms with E-state index in [4.69, 9.17) is 10.5 Å². The van der Waals surface area contributed by atoms with Gasteiger partial charge in [0.15, 0.2) is 11.5 Å². The summed E-state index contributed by atoms with van der Waals surface area (Å²) in [6.45, 7) is 8.59. The number of nitrogens with two attached hydrogens (primary N) is 1. The first-order valence-electron chi connectivity index (χ1n) is 9.55. The minimum Gasteiger partial charge on any atom is -0.442 e. The largest absolute Gasteiger partial charge is 0.442 e. The molecule has 0 bridgehead atoms. The average Bonchev–Trinajstić information content (AvgIpc) is 3.05. The molecule has 0 fully saturated rings. The monoisotopic (exact) mass is 486 g/mol. The Morgan fingerprint density at radius 2 is 1.88 bits per heavy atom. The number of nitrogens with zero attached hydrogens (tertiary/aromatic N) is 2. The van der Waals surface area contributed by atoms with Gasteiger partial charge in [-0.25, -0.2) is 4.39 Å². The Morgan fingerprint density at radius 3 is 2.44 bits per heavy atom. The van der Waals surface area contributed by atoms with Crippen molar-refractivity contribution in [1.82, 2.24) is 4.57 Å². The van der Waals surface area contributed by atoms with Crippen LogP contribution in [-0.2, 0) is 21.1 Å². The van der Waals surface area contributed by atoms with E-state index in [1.165, 1.54) is 30.5 Å². The first-order chi connectivity index (χ1) is 14.3. The molecular formula is C21H28ClFN4O4S. The molecule has 176 valence electrons. The van der Waals surface area contributed by atoms with E-state index in [-0.39, 0.29) is 52.9 Å². The van der Waals surface area contributed by atoms with Crippen molar-refractivity contribution in [2.45, 2.75) is 53.3 Å². The predicted molar refractivity (Wildman–Crippen MR) is 123 cm³/mol. The van der Waals surface area contributed by atoms with Crippen molar-refractivity contribution < 1.29 is 23.5 Å². The van der Waals surface area contributed by atoms with Gasteiger partial charge in [0.1, 0.15) is 11.4 Å². The van der Waals surface area contributed by atoms with Crippen LogP contribution in [0.5, 0.6) is 0 Å². The Bertz CT molecular complexity index is 1050. The maximum Gasteiger partial charge on any atom is 0.327 e. The number of esters is 1. The lowest BCUT2D eigenvalue weighted by Crippen LogP contribution is -2.43. The molecule has 0 aliphatic rings. The summed E-state index contributed by atoms with van der Waals surface area (Å²) in [6, 6.07) is 3.73. The number of hydrogen-bond donors (Lipinski definition) is 2. The lowest BCUT2D eigenvalue weighted by Gasteiger charge is -2.17. The minimum absolute atomic E-state index is 0. The molecule has 0 saturated heterocycles. The van der Waals surface area contributed by atoms with Crippen LogP contribution in [0.15, 0.2) is 34.8 Å². The van der Waals surface area contributed by atoms with Crippen LogP contribution in [0.2, 0.25) is 0 Å². The van der Waals surface area contributed by atoms with Crippen LogP contribution in [0.25, 0.3) is 0 Å². The fraction of sp³-hybridized carbons (Fsp3) is 0.429. The van der Waals surface area contributed by atoms with Crippen molar-refractivity contribution in [2.75, 3.05) is 5.32 Å². The summed E-state index contributed by atoms with van der Waals surface area (Å²) in [4.78, 5) is 40.6. The first kappa shape index (κ1) is 27.5. The smallest absolute Gasteiger partial charge is 0.327 e. The molecule has 1 aromatic heterocycles. The zero-order chi connectivity index (χ0) is 23.4. The summed E-state index contributed by atoms with van der Waals surface area (Å²) < 4.78 is 21.0. The van der Waals surface area contributed by atoms with Gasteiger partial charge < -0.3 is 15.8 Å². The van der Waals surface area contributed by atoms with Gasteiger partial charge in [-0.05, 0) is 37.5 Å². The number of hydrogen-bond acceptors (Lipinski definition) is 6. The first-order valence-corrected chi connectivity index (χ1v) is 10.4. The second-order valence-electron chi connectivity index (χ2n) is 8.84. The number of carbonyl (C=O) groups excluding carboxylic acids is 3. The zero-order valence-electron chi connectivity index (χ0n) is 18.6. The van der Waals surface area contributed by atoms with Gasteiger partial charge >= 0.3 is 5.97 Å². The summed E-state index contributed by atoms with van der Waals surface area (Å²) in [6.07, 6.45) is 1.83. The van der Waals surface area contributed by atoms with Crippen LogP contribution in [0.3, 0.4) is 0 Å². The van der Waals surface area contributed by atoms with Crippen LogP contribution >= 0.6 is 23.7 Å². The van der Waals surface area contributed by atoms with E-state index in [0.717, 1.165) is 17.4 Å². The third-order valence-electron chi connectivity index (χ3n) is 3.90. The van der Waals surface area contributed by atoms with E-state index in [9.17, 15) is 18.8 Å². The Balaban J connectivity index is 0.00000512. The SMILES string of the molecule is CC(C)(C)CC(=O)Nc1ccc(C(=O)N=c2sccn2COC(=O)C(C)(C)N)cc1F.Cl. The Labute approximate surface area is 196 Å². The van der Waals surface area contributed by atoms with Gasteiger partial charge in [0.25, 0.3) is 5.91 Å². The normalized spacial score (nSPS) is 12.2. The summed E-state index contributed by atoms with van der Waals surface area (Å²) >= 11 is 1.15. The molecule has 11 heteroatoms. The minimum atomic E-state index is -1.15. The van der Waals surface area contributed by atoms with Crippen molar-refractivity contribution in [3.05, 3.63) is 46.0 Å². The van der Waals surface area contributed by atoms with E-state index in [0.29, 0.717) is 0 Å². The summed E-state index contributed by atoms with van der Waals surface area (Å²) in [5.41, 5.74) is 4.31. The van der Waals surface area contributed by atoms with Crippen LogP contribution < -0.4 is 15.9 Å². The third-order valence-corrected chi connectivity index (χ3v) is 4.69. The number of ether oxygens (including phenoxy) is 1. The molecule has 0 radical (unpaired) electrons. The molecule has 0 aliphatic carbocycles. The molecule has 2 amide bonds. The Kier molecular flexibility index (Phi) is 9.31. The number of amides is 2. The van der Waals surface area contributed by atoms with Gasteiger partial charge in [-0.1, -0.05) is 20.8 Å². The molecule has 0 spiro atoms. The second-order valence-corrected chi connectivity index (χ2v) is 9.71. The molecule has 32 heavy (non-hydrogen) atoms. The van der Waals surface area contributed by atoms with Gasteiger partial charge in [-0.3, -0.25) is 19.0 Å². The average molecular weight is 487 g/mol. The van der Waals surface area contributed by atoms with E-state index in [2.05, 4.69) is 10.3 Å². The molecule has 1 heterocycles. The molecular weight excluding hydrogens is 459 g/mol. The topological polar surface area (TPSA) is 116 Å². The third kappa shape index (κ3) is 8.18. The molecule has 0 unspecified atom stereocenters. The number of thiazole rings is 1. The number of anilines is 1. The van der Waals surface area contributed by atoms with Crippen molar-refractivity contribution in [1.29, 1.82) is 0 Å². The van der Waals surface area contributed by atoms with Crippen LogP contribution in [0.1, 0.15) is 51.4 Å². The number of carbonyl (C=O) groups is 3. The summed E-state index contributed by atoms with van der Waals surface area (Å²) in [5.74, 6) is -2.32. The van der Waals surface area contributed by atoms with Gasteiger partial charge in [0, 0.05) is 23.6 Å². The van der Waals surface area contributed by atoms with Crippen molar-refractivity contribution in [2.24, 2.45) is 16.1 Å². The van der Waals surface area contributed by atoms with Crippen LogP contribution in [0.4, 0.5) is 10.1 Å². The number of benzene rings is 1. The predicted octanol–water partition coefficient (Wildman–Crippen LogP) is 3.46. The molecule has 0 atom stereocenters. The Hall–Kier alpha value is -2.56. The van der Waals surface area contributed by atoms with Crippen LogP contribution in [0, 0.1) is 11.2 Å². The highest BCUT2D eigenvalue weighted by atomic mass is 35.5. The lowest BCUT2D eigenvalue weighted by molar-refractivity contribution is -0.152. The zero-order valence-corrected chi connectivity index (χ0v) is 20.2. The molecule has 0 aliphatic heterocycles. The molecule has 2 aromatic rings. The quantitative estimate of drug-likeness (QED) is 0.606. The standard InChI is InChI=1S/C21H27FN4O4S.ClH/c1-20(2,3)11-16(27)24-15-7-6-13(10-14(15)22)17(28)25-19-26(8-9-31-19)12-30-18(29)21(4,5)23;/h6-10H,11-12,23H2,1-5H3,(H,24,27);1H. The van der Waals surface area contributed by atoms with E-state index in [1.54, 1.807) is 11.6 Å². The van der Waals surface area contributed by atoms with E-state index in [1.807, 2.05) is 20.8 Å². The summed E-state index contributed by atoms with van der Waals surface area (Å²) in [7, 11) is 0. The fourth-order valence-corrected chi connectivity index (χ4v) is 3.09. The summed E-state index contributed by atoms with van der Waals surface area (Å²) in [5, 5.41) is 4.18. The van der Waals surface area contributed by atoms with Crippen molar-refractivity contribution in [3.8, 4) is 0 Å². The van der Waals surface area contributed by atoms with Gasteiger partial charge in [-0.2, -0.15) is 4.99 Å². The number of rotatable bonds is 6. The number of aromatic nitrogens is 1. The van der Waals surface area contributed by atoms with Gasteiger partial charge in [0.2, 0.25) is 5.91 Å². The second kappa shape index (κ2) is 10.8. The number of halogens is 2. The van der Waals surface area contributed by atoms with E-state index >= 15 is 0 Å². The fourth-order valence-electron chi connectivity index (χ4n) is 2.38. The highest BCUT2D eigenvalue weighted by Gasteiger charge is 2.23. The maximum atomic E-state index is 14.4. The van der Waals surface area contributed by atoms with Crippen molar-refractivity contribution in [3.63, 3.8) is 0 Å². The highest BCUT2D eigenvalue weighted by molar-refractivity contribution is 7.07. The van der Waals surface area contributed by atoms with Gasteiger partial charge in [0.05, 0.1) is 5.69 Å². The van der Waals surface area contributed by atoms with Crippen molar-refractivity contribution >= 4 is 47.2 Å². The Morgan fingerprint density at radius 1 is 1.22 bits per heavy atom.